The number of halogens is 2. The van der Waals surface area contributed by atoms with Crippen LogP contribution < -0.4 is 0 Å². The average molecular weight is 316 g/mol. The standard InChI is InChI=1S/C10H8BrClN4O/c1-16-14-9(13-15-16)5-8(17)6-3-2-4-7(11)10(6)12/h2-4H,5H2,1H3. The third-order valence-corrected chi connectivity index (χ3v) is 3.42. The molecule has 1 heterocycles. The molecule has 0 spiro atoms. The van der Waals surface area contributed by atoms with Gasteiger partial charge in [-0.15, -0.1) is 10.2 Å². The molecule has 1 aromatic carbocycles. The molecule has 0 aliphatic rings. The highest BCUT2D eigenvalue weighted by molar-refractivity contribution is 9.10. The van der Waals surface area contributed by atoms with Crippen molar-refractivity contribution < 1.29 is 4.79 Å². The Labute approximate surface area is 111 Å². The summed E-state index contributed by atoms with van der Waals surface area (Å²) in [5, 5.41) is 11.8. The first-order chi connectivity index (χ1) is 8.08. The van der Waals surface area contributed by atoms with Crippen LogP contribution in [0.3, 0.4) is 0 Å². The van der Waals surface area contributed by atoms with Crippen LogP contribution in [0.15, 0.2) is 22.7 Å². The summed E-state index contributed by atoms with van der Waals surface area (Å²) in [4.78, 5) is 13.3. The zero-order chi connectivity index (χ0) is 12.4. The van der Waals surface area contributed by atoms with Crippen LogP contribution in [-0.4, -0.2) is 26.0 Å². The van der Waals surface area contributed by atoms with E-state index in [1.165, 1.54) is 4.80 Å². The number of aromatic nitrogens is 4. The Hall–Kier alpha value is -1.27. The summed E-state index contributed by atoms with van der Waals surface area (Å²) < 4.78 is 0.692. The molecule has 0 aliphatic heterocycles. The van der Waals surface area contributed by atoms with Gasteiger partial charge in [0.1, 0.15) is 0 Å². The number of hydrogen-bond donors (Lipinski definition) is 0. The van der Waals surface area contributed by atoms with Crippen LogP contribution >= 0.6 is 27.5 Å². The third-order valence-electron chi connectivity index (χ3n) is 2.12. The van der Waals surface area contributed by atoms with Crippen molar-refractivity contribution in [3.63, 3.8) is 0 Å². The quantitative estimate of drug-likeness (QED) is 0.813. The molecule has 0 bridgehead atoms. The molecular weight excluding hydrogens is 307 g/mol. The van der Waals surface area contributed by atoms with Gasteiger partial charge in [0.2, 0.25) is 0 Å². The fraction of sp³-hybridized carbons (Fsp3) is 0.200. The largest absolute Gasteiger partial charge is 0.294 e. The van der Waals surface area contributed by atoms with Crippen LogP contribution in [0, 0.1) is 0 Å². The number of carbonyl (C=O) groups is 1. The zero-order valence-corrected chi connectivity index (χ0v) is 11.2. The lowest BCUT2D eigenvalue weighted by molar-refractivity contribution is 0.0991. The van der Waals surface area contributed by atoms with Crippen molar-refractivity contribution in [3.8, 4) is 0 Å². The van der Waals surface area contributed by atoms with E-state index in [0.29, 0.717) is 20.9 Å². The number of hydrogen-bond acceptors (Lipinski definition) is 4. The van der Waals surface area contributed by atoms with Crippen LogP contribution in [0.25, 0.3) is 0 Å². The monoisotopic (exact) mass is 314 g/mol. The van der Waals surface area contributed by atoms with E-state index < -0.39 is 0 Å². The van der Waals surface area contributed by atoms with Crippen molar-refractivity contribution >= 4 is 33.3 Å². The van der Waals surface area contributed by atoms with Crippen LogP contribution in [0.1, 0.15) is 16.2 Å². The van der Waals surface area contributed by atoms with Gasteiger partial charge in [-0.3, -0.25) is 4.79 Å². The summed E-state index contributed by atoms with van der Waals surface area (Å²) in [5.41, 5.74) is 0.452. The van der Waals surface area contributed by atoms with Crippen molar-refractivity contribution in [3.05, 3.63) is 39.1 Å². The SMILES string of the molecule is Cn1nnc(CC(=O)c2cccc(Br)c2Cl)n1. The normalized spacial score (nSPS) is 10.5. The minimum Gasteiger partial charge on any atom is -0.294 e. The van der Waals surface area contributed by atoms with Crippen molar-refractivity contribution in [2.24, 2.45) is 7.05 Å². The maximum Gasteiger partial charge on any atom is 0.182 e. The van der Waals surface area contributed by atoms with E-state index in [0.717, 1.165) is 0 Å². The zero-order valence-electron chi connectivity index (χ0n) is 8.89. The smallest absolute Gasteiger partial charge is 0.182 e. The molecule has 0 unspecified atom stereocenters. The van der Waals surface area contributed by atoms with Gasteiger partial charge in [0, 0.05) is 10.0 Å². The highest BCUT2D eigenvalue weighted by Gasteiger charge is 2.15. The number of rotatable bonds is 3. The molecule has 7 heteroatoms. The van der Waals surface area contributed by atoms with E-state index in [9.17, 15) is 4.79 Å². The molecule has 0 saturated carbocycles. The molecule has 5 nitrogen and oxygen atoms in total. The predicted octanol–water partition coefficient (Wildman–Crippen LogP) is 2.05. The fourth-order valence-electron chi connectivity index (χ4n) is 1.35. The molecule has 0 atom stereocenters. The summed E-state index contributed by atoms with van der Waals surface area (Å²) in [7, 11) is 1.65. The second-order valence-electron chi connectivity index (χ2n) is 3.40. The second-order valence-corrected chi connectivity index (χ2v) is 4.63. The number of tetrazole rings is 1. The van der Waals surface area contributed by atoms with Crippen LogP contribution in [0.5, 0.6) is 0 Å². The minimum atomic E-state index is -0.135. The van der Waals surface area contributed by atoms with Gasteiger partial charge in [0.05, 0.1) is 18.5 Å². The number of benzene rings is 1. The molecule has 0 aliphatic carbocycles. The van der Waals surface area contributed by atoms with E-state index in [2.05, 4.69) is 31.3 Å². The Morgan fingerprint density at radius 3 is 2.94 bits per heavy atom. The van der Waals surface area contributed by atoms with Gasteiger partial charge in [0.25, 0.3) is 0 Å². The molecule has 0 fully saturated rings. The molecule has 2 rings (SSSR count). The number of nitrogens with zero attached hydrogens (tertiary/aromatic N) is 4. The molecule has 0 amide bonds. The fourth-order valence-corrected chi connectivity index (χ4v) is 1.95. The van der Waals surface area contributed by atoms with Gasteiger partial charge in [-0.1, -0.05) is 17.7 Å². The summed E-state index contributed by atoms with van der Waals surface area (Å²) >= 11 is 9.30. The molecular formula is C10H8BrClN4O. The summed E-state index contributed by atoms with van der Waals surface area (Å²) in [6.07, 6.45) is 0.0873. The Kier molecular flexibility index (Phi) is 3.54. The number of Topliss-reactive ketones (excluding diaryl/α,β-unsaturated/α-hetero) is 1. The number of ketones is 1. The number of carbonyl (C=O) groups excluding carboxylic acids is 1. The Morgan fingerprint density at radius 2 is 2.29 bits per heavy atom. The highest BCUT2D eigenvalue weighted by Crippen LogP contribution is 2.26. The van der Waals surface area contributed by atoms with Gasteiger partial charge < -0.3 is 0 Å². The molecule has 0 N–H and O–H groups in total. The molecule has 2 aromatic rings. The predicted molar refractivity (Wildman–Crippen MR) is 66.0 cm³/mol. The average Bonchev–Trinajstić information content (AvgIpc) is 2.68. The van der Waals surface area contributed by atoms with E-state index >= 15 is 0 Å². The number of aryl methyl sites for hydroxylation is 1. The maximum atomic E-state index is 12.0. The Morgan fingerprint density at radius 1 is 1.53 bits per heavy atom. The van der Waals surface area contributed by atoms with E-state index in [4.69, 9.17) is 11.6 Å². The molecule has 88 valence electrons. The molecule has 17 heavy (non-hydrogen) atoms. The first-order valence-corrected chi connectivity index (χ1v) is 5.95. The topological polar surface area (TPSA) is 60.7 Å². The van der Waals surface area contributed by atoms with Crippen molar-refractivity contribution in [2.45, 2.75) is 6.42 Å². The van der Waals surface area contributed by atoms with E-state index in [-0.39, 0.29) is 12.2 Å². The van der Waals surface area contributed by atoms with Gasteiger partial charge in [0.15, 0.2) is 11.6 Å². The second kappa shape index (κ2) is 4.93. The summed E-state index contributed by atoms with van der Waals surface area (Å²) in [6, 6.07) is 5.21. The molecule has 1 aromatic heterocycles. The van der Waals surface area contributed by atoms with Crippen LogP contribution in [0.4, 0.5) is 0 Å². The first-order valence-electron chi connectivity index (χ1n) is 4.78. The lowest BCUT2D eigenvalue weighted by Gasteiger charge is -2.02. The molecule has 0 saturated heterocycles. The highest BCUT2D eigenvalue weighted by atomic mass is 79.9. The van der Waals surface area contributed by atoms with Gasteiger partial charge >= 0.3 is 0 Å². The summed E-state index contributed by atoms with van der Waals surface area (Å²) in [5.74, 6) is 0.248. The third kappa shape index (κ3) is 2.70. The lowest BCUT2D eigenvalue weighted by atomic mass is 10.1. The van der Waals surface area contributed by atoms with Crippen LogP contribution in [0.2, 0.25) is 5.02 Å². The maximum absolute atomic E-state index is 12.0. The molecule has 0 radical (unpaired) electrons. The summed E-state index contributed by atoms with van der Waals surface area (Å²) in [6.45, 7) is 0. The van der Waals surface area contributed by atoms with Gasteiger partial charge in [-0.25, -0.2) is 0 Å². The van der Waals surface area contributed by atoms with E-state index in [1.807, 2.05) is 0 Å². The van der Waals surface area contributed by atoms with Crippen molar-refractivity contribution in [1.82, 2.24) is 20.2 Å². The Bertz CT molecular complexity index is 569. The van der Waals surface area contributed by atoms with Gasteiger partial charge in [-0.2, -0.15) is 4.80 Å². The van der Waals surface area contributed by atoms with Crippen LogP contribution in [-0.2, 0) is 13.5 Å². The van der Waals surface area contributed by atoms with Gasteiger partial charge in [-0.05, 0) is 33.3 Å². The first kappa shape index (κ1) is 12.2. The minimum absolute atomic E-state index is 0.0873. The van der Waals surface area contributed by atoms with E-state index in [1.54, 1.807) is 25.2 Å². The Balaban J connectivity index is 2.23. The van der Waals surface area contributed by atoms with Crippen molar-refractivity contribution in [1.29, 1.82) is 0 Å². The van der Waals surface area contributed by atoms with Crippen molar-refractivity contribution in [2.75, 3.05) is 0 Å². The lowest BCUT2D eigenvalue weighted by Crippen LogP contribution is -2.06.